The first-order chi connectivity index (χ1) is 9.20. The Bertz CT molecular complexity index is 494. The van der Waals surface area contributed by atoms with Crippen LogP contribution in [0.25, 0.3) is 0 Å². The van der Waals surface area contributed by atoms with Crippen molar-refractivity contribution in [1.29, 1.82) is 5.26 Å². The number of nitriles is 1. The molecule has 0 aliphatic carbocycles. The lowest BCUT2D eigenvalue weighted by molar-refractivity contribution is -0.195. The number of carbonyl (C=O) groups is 1. The number of hydrogen-bond acceptors (Lipinski definition) is 5. The van der Waals surface area contributed by atoms with Crippen LogP contribution in [0.3, 0.4) is 0 Å². The molecule has 0 amide bonds. The van der Waals surface area contributed by atoms with Crippen molar-refractivity contribution in [3.8, 4) is 11.8 Å². The van der Waals surface area contributed by atoms with Crippen LogP contribution < -0.4 is 4.74 Å². The maximum absolute atomic E-state index is 11.0. The molecule has 100 valence electrons. The van der Waals surface area contributed by atoms with Crippen LogP contribution in [-0.2, 0) is 14.3 Å². The molecule has 0 saturated carbocycles. The third-order valence-electron chi connectivity index (χ3n) is 2.79. The SMILES string of the molecule is CC(=O)O[C@H]1CCCOC1Oc1ccccc1C#N. The molecule has 2 atom stereocenters. The Balaban J connectivity index is 2.11. The van der Waals surface area contributed by atoms with E-state index < -0.39 is 12.4 Å². The first-order valence-corrected chi connectivity index (χ1v) is 6.15. The topological polar surface area (TPSA) is 68.6 Å². The molecule has 0 N–H and O–H groups in total. The first-order valence-electron chi connectivity index (χ1n) is 6.15. The monoisotopic (exact) mass is 261 g/mol. The number of carbonyl (C=O) groups excluding carboxylic acids is 1. The van der Waals surface area contributed by atoms with Gasteiger partial charge in [0.05, 0.1) is 12.2 Å². The second-order valence-electron chi connectivity index (χ2n) is 4.26. The number of benzene rings is 1. The molecule has 0 spiro atoms. The minimum atomic E-state index is -0.660. The number of rotatable bonds is 3. The van der Waals surface area contributed by atoms with E-state index in [4.69, 9.17) is 19.5 Å². The van der Waals surface area contributed by atoms with Crippen molar-refractivity contribution in [2.24, 2.45) is 0 Å². The van der Waals surface area contributed by atoms with Gasteiger partial charge in [0.15, 0.2) is 6.10 Å². The maximum atomic E-state index is 11.0. The second-order valence-corrected chi connectivity index (χ2v) is 4.26. The summed E-state index contributed by atoms with van der Waals surface area (Å²) in [5, 5.41) is 9.00. The molecule has 0 radical (unpaired) electrons. The Kier molecular flexibility index (Phi) is 4.37. The number of esters is 1. The lowest BCUT2D eigenvalue weighted by Gasteiger charge is -2.31. The average molecular weight is 261 g/mol. The summed E-state index contributed by atoms with van der Waals surface area (Å²) in [5.74, 6) is 0.0757. The molecule has 1 heterocycles. The second kappa shape index (κ2) is 6.21. The van der Waals surface area contributed by atoms with Gasteiger partial charge in [0.1, 0.15) is 11.8 Å². The van der Waals surface area contributed by atoms with Gasteiger partial charge in [-0.05, 0) is 25.0 Å². The van der Waals surface area contributed by atoms with E-state index in [0.29, 0.717) is 24.3 Å². The van der Waals surface area contributed by atoms with E-state index in [9.17, 15) is 4.79 Å². The lowest BCUT2D eigenvalue weighted by atomic mass is 10.1. The highest BCUT2D eigenvalue weighted by molar-refractivity contribution is 5.66. The van der Waals surface area contributed by atoms with Crippen LogP contribution in [0.15, 0.2) is 24.3 Å². The van der Waals surface area contributed by atoms with E-state index in [0.717, 1.165) is 6.42 Å². The van der Waals surface area contributed by atoms with Gasteiger partial charge in [-0.15, -0.1) is 0 Å². The summed E-state index contributed by atoms with van der Waals surface area (Å²) in [6, 6.07) is 8.95. The third kappa shape index (κ3) is 3.46. The quantitative estimate of drug-likeness (QED) is 0.778. The smallest absolute Gasteiger partial charge is 0.303 e. The summed E-state index contributed by atoms with van der Waals surface area (Å²) in [6.07, 6.45) is 0.418. The van der Waals surface area contributed by atoms with Crippen LogP contribution in [-0.4, -0.2) is 25.0 Å². The average Bonchev–Trinajstić information content (AvgIpc) is 2.41. The predicted molar refractivity (Wildman–Crippen MR) is 66.3 cm³/mol. The molecule has 5 nitrogen and oxygen atoms in total. The summed E-state index contributed by atoms with van der Waals surface area (Å²) in [6.45, 7) is 1.91. The van der Waals surface area contributed by atoms with Crippen LogP contribution in [0.1, 0.15) is 25.3 Å². The molecular weight excluding hydrogens is 246 g/mol. The van der Waals surface area contributed by atoms with Gasteiger partial charge >= 0.3 is 5.97 Å². The molecule has 1 aliphatic rings. The van der Waals surface area contributed by atoms with E-state index >= 15 is 0 Å². The van der Waals surface area contributed by atoms with Gasteiger partial charge in [0, 0.05) is 6.92 Å². The van der Waals surface area contributed by atoms with Crippen molar-refractivity contribution in [3.05, 3.63) is 29.8 Å². The Labute approximate surface area is 111 Å². The number of para-hydroxylation sites is 1. The Morgan fingerprint density at radius 3 is 3.00 bits per heavy atom. The lowest BCUT2D eigenvalue weighted by Crippen LogP contribution is -2.41. The Hall–Kier alpha value is -2.06. The van der Waals surface area contributed by atoms with E-state index in [-0.39, 0.29) is 5.97 Å². The molecular formula is C14H15NO4. The molecule has 19 heavy (non-hydrogen) atoms. The minimum Gasteiger partial charge on any atom is -0.459 e. The third-order valence-corrected chi connectivity index (χ3v) is 2.79. The molecule has 1 saturated heterocycles. The summed E-state index contributed by atoms with van der Waals surface area (Å²) >= 11 is 0. The first kappa shape index (κ1) is 13.4. The largest absolute Gasteiger partial charge is 0.459 e. The Morgan fingerprint density at radius 1 is 1.47 bits per heavy atom. The van der Waals surface area contributed by atoms with Crippen molar-refractivity contribution in [1.82, 2.24) is 0 Å². The van der Waals surface area contributed by atoms with Crippen LogP contribution >= 0.6 is 0 Å². The molecule has 5 heteroatoms. The standard InChI is InChI=1S/C14H15NO4/c1-10(16)18-13-7-4-8-17-14(13)19-12-6-3-2-5-11(12)9-15/h2-3,5-6,13-14H,4,7-8H2,1H3/t13-,14?/m0/s1. The van der Waals surface area contributed by atoms with Crippen molar-refractivity contribution >= 4 is 5.97 Å². The number of ether oxygens (including phenoxy) is 3. The van der Waals surface area contributed by atoms with Gasteiger partial charge < -0.3 is 14.2 Å². The van der Waals surface area contributed by atoms with Crippen LogP contribution in [0.5, 0.6) is 5.75 Å². The number of hydrogen-bond donors (Lipinski definition) is 0. The van der Waals surface area contributed by atoms with Gasteiger partial charge in [0.2, 0.25) is 6.29 Å². The number of nitrogens with zero attached hydrogens (tertiary/aromatic N) is 1. The zero-order valence-electron chi connectivity index (χ0n) is 10.7. The molecule has 0 bridgehead atoms. The summed E-state index contributed by atoms with van der Waals surface area (Å²) in [4.78, 5) is 11.0. The van der Waals surface area contributed by atoms with Crippen molar-refractivity contribution < 1.29 is 19.0 Å². The molecule has 1 aromatic carbocycles. The molecule has 1 aliphatic heterocycles. The molecule has 1 fully saturated rings. The van der Waals surface area contributed by atoms with E-state index in [1.54, 1.807) is 24.3 Å². The van der Waals surface area contributed by atoms with Gasteiger partial charge in [-0.2, -0.15) is 5.26 Å². The Morgan fingerprint density at radius 2 is 2.26 bits per heavy atom. The summed E-state index contributed by atoms with van der Waals surface area (Å²) in [7, 11) is 0. The molecule has 1 unspecified atom stereocenters. The zero-order valence-corrected chi connectivity index (χ0v) is 10.7. The normalized spacial score (nSPS) is 22.3. The van der Waals surface area contributed by atoms with Gasteiger partial charge in [-0.1, -0.05) is 12.1 Å². The molecule has 1 aromatic rings. The van der Waals surface area contributed by atoms with Gasteiger partial charge in [0.25, 0.3) is 0 Å². The van der Waals surface area contributed by atoms with Crippen molar-refractivity contribution in [3.63, 3.8) is 0 Å². The van der Waals surface area contributed by atoms with Crippen LogP contribution in [0, 0.1) is 11.3 Å². The van der Waals surface area contributed by atoms with Crippen LogP contribution in [0.4, 0.5) is 0 Å². The minimum absolute atomic E-state index is 0.363. The summed E-state index contributed by atoms with van der Waals surface area (Å²) < 4.78 is 16.3. The highest BCUT2D eigenvalue weighted by atomic mass is 16.7. The van der Waals surface area contributed by atoms with Gasteiger partial charge in [-0.3, -0.25) is 4.79 Å². The summed E-state index contributed by atoms with van der Waals surface area (Å²) in [5.41, 5.74) is 0.429. The van der Waals surface area contributed by atoms with Crippen molar-refractivity contribution in [2.45, 2.75) is 32.2 Å². The van der Waals surface area contributed by atoms with Gasteiger partial charge in [-0.25, -0.2) is 0 Å². The van der Waals surface area contributed by atoms with Crippen molar-refractivity contribution in [2.75, 3.05) is 6.61 Å². The molecule has 0 aromatic heterocycles. The predicted octanol–water partition coefficient (Wildman–Crippen LogP) is 2.01. The van der Waals surface area contributed by atoms with E-state index in [1.807, 2.05) is 0 Å². The van der Waals surface area contributed by atoms with E-state index in [1.165, 1.54) is 6.92 Å². The highest BCUT2D eigenvalue weighted by Gasteiger charge is 2.30. The van der Waals surface area contributed by atoms with E-state index in [2.05, 4.69) is 6.07 Å². The highest BCUT2D eigenvalue weighted by Crippen LogP contribution is 2.24. The fourth-order valence-corrected chi connectivity index (χ4v) is 1.95. The zero-order chi connectivity index (χ0) is 13.7. The molecule has 2 rings (SSSR count). The fourth-order valence-electron chi connectivity index (χ4n) is 1.95. The maximum Gasteiger partial charge on any atom is 0.303 e. The van der Waals surface area contributed by atoms with Crippen LogP contribution in [0.2, 0.25) is 0 Å². The fraction of sp³-hybridized carbons (Fsp3) is 0.429.